The van der Waals surface area contributed by atoms with E-state index in [0.717, 1.165) is 15.7 Å². The predicted octanol–water partition coefficient (Wildman–Crippen LogP) is 5.12. The second kappa shape index (κ2) is 7.38. The normalized spacial score (nSPS) is 10.8. The first kappa shape index (κ1) is 17.0. The van der Waals surface area contributed by atoms with Crippen molar-refractivity contribution < 1.29 is 9.21 Å². The Kier molecular flexibility index (Phi) is 5.23. The molecule has 5 nitrogen and oxygen atoms in total. The molecule has 0 saturated carbocycles. The molecule has 0 aliphatic rings. The number of nitrogens with zero attached hydrogens (tertiary/aromatic N) is 2. The van der Waals surface area contributed by atoms with Gasteiger partial charge in [0, 0.05) is 10.6 Å². The second-order valence-corrected chi connectivity index (χ2v) is 7.77. The molecule has 0 spiro atoms. The lowest BCUT2D eigenvalue weighted by atomic mass is 10.1. The molecule has 1 aromatic carbocycles. The summed E-state index contributed by atoms with van der Waals surface area (Å²) in [6, 6.07) is 8.98. The number of halogens is 1. The number of furan rings is 1. The number of aryl methyl sites for hydroxylation is 1. The van der Waals surface area contributed by atoms with Gasteiger partial charge in [-0.1, -0.05) is 41.6 Å². The van der Waals surface area contributed by atoms with E-state index in [1.165, 1.54) is 11.3 Å². The fourth-order valence-electron chi connectivity index (χ4n) is 2.07. The second-order valence-electron chi connectivity index (χ2n) is 4.85. The Balaban J connectivity index is 1.78. The molecule has 124 valence electrons. The molecular formula is C16H14ClN3O2S2. The molecule has 2 heterocycles. The maximum Gasteiger partial charge on any atom is 0.261 e. The number of amides is 1. The number of anilines is 1. The van der Waals surface area contributed by atoms with Crippen LogP contribution in [0.1, 0.15) is 23.0 Å². The summed E-state index contributed by atoms with van der Waals surface area (Å²) in [6.07, 6.45) is 0. The fraction of sp³-hybridized carbons (Fsp3) is 0.188. The van der Waals surface area contributed by atoms with Crippen LogP contribution in [0.2, 0.25) is 5.02 Å². The summed E-state index contributed by atoms with van der Waals surface area (Å²) in [5.41, 5.74) is 1.33. The Morgan fingerprint density at radius 3 is 2.79 bits per heavy atom. The number of carbonyl (C=O) groups is 1. The van der Waals surface area contributed by atoms with E-state index >= 15 is 0 Å². The third-order valence-electron chi connectivity index (χ3n) is 3.19. The highest BCUT2D eigenvalue weighted by Crippen LogP contribution is 2.28. The molecule has 0 aliphatic carbocycles. The van der Waals surface area contributed by atoms with Crippen LogP contribution in [0.5, 0.6) is 0 Å². The lowest BCUT2D eigenvalue weighted by molar-refractivity contribution is 0.102. The molecule has 0 unspecified atom stereocenters. The first-order valence-electron chi connectivity index (χ1n) is 7.21. The van der Waals surface area contributed by atoms with Gasteiger partial charge in [0.2, 0.25) is 5.13 Å². The first-order valence-corrected chi connectivity index (χ1v) is 9.39. The minimum absolute atomic E-state index is 0.263. The topological polar surface area (TPSA) is 68.0 Å². The highest BCUT2D eigenvalue weighted by molar-refractivity contribution is 8.01. The molecule has 2 aromatic heterocycles. The van der Waals surface area contributed by atoms with E-state index in [9.17, 15) is 4.79 Å². The van der Waals surface area contributed by atoms with Gasteiger partial charge < -0.3 is 4.42 Å². The summed E-state index contributed by atoms with van der Waals surface area (Å²) in [5, 5.41) is 11.9. The third kappa shape index (κ3) is 3.80. The molecule has 0 fully saturated rings. The van der Waals surface area contributed by atoms with Gasteiger partial charge in [-0.2, -0.15) is 0 Å². The van der Waals surface area contributed by atoms with Crippen molar-refractivity contribution in [3.05, 3.63) is 46.7 Å². The van der Waals surface area contributed by atoms with Crippen molar-refractivity contribution in [3.8, 4) is 11.3 Å². The molecule has 0 bridgehead atoms. The van der Waals surface area contributed by atoms with Crippen molar-refractivity contribution >= 4 is 45.7 Å². The van der Waals surface area contributed by atoms with Crippen LogP contribution in [0.15, 0.2) is 39.1 Å². The number of nitrogens with one attached hydrogen (secondary N) is 1. The molecule has 0 atom stereocenters. The quantitative estimate of drug-likeness (QED) is 0.492. The van der Waals surface area contributed by atoms with Crippen LogP contribution in [0.4, 0.5) is 5.13 Å². The number of carbonyl (C=O) groups excluding carboxylic acids is 1. The first-order chi connectivity index (χ1) is 11.6. The number of thioether (sulfide) groups is 1. The predicted molar refractivity (Wildman–Crippen MR) is 98.2 cm³/mol. The smallest absolute Gasteiger partial charge is 0.261 e. The molecule has 24 heavy (non-hydrogen) atoms. The molecule has 8 heteroatoms. The Labute approximate surface area is 152 Å². The molecule has 0 saturated heterocycles. The standard InChI is InChI=1S/C16H14ClN3O2S2/c1-3-23-16-20-19-15(24-16)18-14(21)12-8-13(22-9(12)2)10-4-6-11(17)7-5-10/h4-8H,3H2,1-2H3,(H,18,19,21). The van der Waals surface area contributed by atoms with E-state index in [4.69, 9.17) is 16.0 Å². The Hall–Kier alpha value is -1.83. The summed E-state index contributed by atoms with van der Waals surface area (Å²) >= 11 is 8.84. The average Bonchev–Trinajstić information content (AvgIpc) is 3.15. The summed E-state index contributed by atoms with van der Waals surface area (Å²) in [6.45, 7) is 3.80. The lowest BCUT2D eigenvalue weighted by Crippen LogP contribution is -2.11. The van der Waals surface area contributed by atoms with E-state index in [-0.39, 0.29) is 5.91 Å². The zero-order valence-corrected chi connectivity index (χ0v) is 15.4. The number of benzene rings is 1. The molecule has 3 aromatic rings. The van der Waals surface area contributed by atoms with Gasteiger partial charge in [0.1, 0.15) is 11.5 Å². The zero-order chi connectivity index (χ0) is 17.1. The van der Waals surface area contributed by atoms with Crippen LogP contribution in [-0.2, 0) is 0 Å². The van der Waals surface area contributed by atoms with Crippen LogP contribution >= 0.6 is 34.7 Å². The molecule has 0 radical (unpaired) electrons. The van der Waals surface area contributed by atoms with E-state index in [2.05, 4.69) is 15.5 Å². The van der Waals surface area contributed by atoms with Gasteiger partial charge in [-0.3, -0.25) is 10.1 Å². The highest BCUT2D eigenvalue weighted by Gasteiger charge is 2.17. The lowest BCUT2D eigenvalue weighted by Gasteiger charge is -1.98. The SMILES string of the molecule is CCSc1nnc(NC(=O)c2cc(-c3ccc(Cl)cc3)oc2C)s1. The average molecular weight is 380 g/mol. The Morgan fingerprint density at radius 1 is 1.33 bits per heavy atom. The van der Waals surface area contributed by atoms with Crippen molar-refractivity contribution in [2.45, 2.75) is 18.2 Å². The maximum absolute atomic E-state index is 12.4. The van der Waals surface area contributed by atoms with E-state index in [1.807, 2.05) is 19.1 Å². The van der Waals surface area contributed by atoms with Crippen molar-refractivity contribution in [2.75, 3.05) is 11.1 Å². The van der Waals surface area contributed by atoms with Crippen LogP contribution in [0.25, 0.3) is 11.3 Å². The van der Waals surface area contributed by atoms with E-state index < -0.39 is 0 Å². The molecular weight excluding hydrogens is 366 g/mol. The number of rotatable bonds is 5. The van der Waals surface area contributed by atoms with Gasteiger partial charge in [0.25, 0.3) is 5.91 Å². The number of hydrogen-bond acceptors (Lipinski definition) is 6. The summed E-state index contributed by atoms with van der Waals surface area (Å²) in [5.74, 6) is 1.81. The molecule has 3 rings (SSSR count). The fourth-order valence-corrected chi connectivity index (χ4v) is 3.84. The molecule has 1 amide bonds. The Morgan fingerprint density at radius 2 is 2.08 bits per heavy atom. The minimum Gasteiger partial charge on any atom is -0.461 e. The van der Waals surface area contributed by atoms with Gasteiger partial charge in [-0.05, 0) is 43.0 Å². The number of aromatic nitrogens is 2. The monoisotopic (exact) mass is 379 g/mol. The number of hydrogen-bond donors (Lipinski definition) is 1. The summed E-state index contributed by atoms with van der Waals surface area (Å²) in [4.78, 5) is 12.4. The molecule has 0 aliphatic heterocycles. The van der Waals surface area contributed by atoms with E-state index in [0.29, 0.717) is 27.2 Å². The Bertz CT molecular complexity index is 859. The third-order valence-corrected chi connectivity index (χ3v) is 5.29. The largest absolute Gasteiger partial charge is 0.461 e. The van der Waals surface area contributed by atoms with Crippen molar-refractivity contribution in [1.82, 2.24) is 10.2 Å². The van der Waals surface area contributed by atoms with Gasteiger partial charge >= 0.3 is 0 Å². The maximum atomic E-state index is 12.4. The summed E-state index contributed by atoms with van der Waals surface area (Å²) < 4.78 is 6.53. The van der Waals surface area contributed by atoms with Gasteiger partial charge in [-0.15, -0.1) is 10.2 Å². The minimum atomic E-state index is -0.263. The van der Waals surface area contributed by atoms with Crippen LogP contribution in [-0.4, -0.2) is 21.9 Å². The van der Waals surface area contributed by atoms with Crippen molar-refractivity contribution in [3.63, 3.8) is 0 Å². The van der Waals surface area contributed by atoms with Crippen LogP contribution < -0.4 is 5.32 Å². The summed E-state index contributed by atoms with van der Waals surface area (Å²) in [7, 11) is 0. The van der Waals surface area contributed by atoms with Crippen molar-refractivity contribution in [2.24, 2.45) is 0 Å². The van der Waals surface area contributed by atoms with Gasteiger partial charge in [0.05, 0.1) is 5.56 Å². The van der Waals surface area contributed by atoms with Gasteiger partial charge in [0.15, 0.2) is 4.34 Å². The van der Waals surface area contributed by atoms with Gasteiger partial charge in [-0.25, -0.2) is 0 Å². The van der Waals surface area contributed by atoms with Crippen molar-refractivity contribution in [1.29, 1.82) is 0 Å². The zero-order valence-electron chi connectivity index (χ0n) is 13.0. The highest BCUT2D eigenvalue weighted by atomic mass is 35.5. The van der Waals surface area contributed by atoms with E-state index in [1.54, 1.807) is 36.9 Å². The van der Waals surface area contributed by atoms with Crippen LogP contribution in [0.3, 0.4) is 0 Å². The molecule has 1 N–H and O–H groups in total. The van der Waals surface area contributed by atoms with Crippen LogP contribution in [0, 0.1) is 6.92 Å².